The van der Waals surface area contributed by atoms with Gasteiger partial charge in [-0.15, -0.1) is 0 Å². The number of halogens is 1. The van der Waals surface area contributed by atoms with Gasteiger partial charge in [0.05, 0.1) is 0 Å². The van der Waals surface area contributed by atoms with Crippen LogP contribution in [0.3, 0.4) is 0 Å². The number of hydrogen-bond donors (Lipinski definition) is 0. The fraction of sp³-hybridized carbons (Fsp3) is 0.538. The molecule has 1 unspecified atom stereocenters. The average molecular weight is 271 g/mol. The van der Waals surface area contributed by atoms with Crippen LogP contribution < -0.4 is 4.74 Å². The summed E-state index contributed by atoms with van der Waals surface area (Å²) in [6.45, 7) is 8.68. The van der Waals surface area contributed by atoms with Crippen LogP contribution in [0.5, 0.6) is 5.75 Å². The molecule has 84 valence electrons. The van der Waals surface area contributed by atoms with Crippen LogP contribution in [0.2, 0.25) is 0 Å². The van der Waals surface area contributed by atoms with Crippen LogP contribution in [0, 0.1) is 0 Å². The van der Waals surface area contributed by atoms with Crippen LogP contribution in [0.4, 0.5) is 0 Å². The maximum Gasteiger partial charge on any atom is 0.119 e. The fourth-order valence-electron chi connectivity index (χ4n) is 1.30. The van der Waals surface area contributed by atoms with E-state index in [1.54, 1.807) is 0 Å². The van der Waals surface area contributed by atoms with Gasteiger partial charge in [0.25, 0.3) is 0 Å². The van der Waals surface area contributed by atoms with Gasteiger partial charge in [0.1, 0.15) is 11.9 Å². The summed E-state index contributed by atoms with van der Waals surface area (Å²) in [5, 5.41) is 0.855. The van der Waals surface area contributed by atoms with Gasteiger partial charge in [-0.25, -0.2) is 0 Å². The smallest absolute Gasteiger partial charge is 0.119 e. The molecule has 0 heterocycles. The van der Waals surface area contributed by atoms with Crippen LogP contribution in [-0.4, -0.2) is 11.4 Å². The third-order valence-electron chi connectivity index (χ3n) is 2.27. The van der Waals surface area contributed by atoms with Crippen molar-refractivity contribution in [3.8, 4) is 5.75 Å². The lowest BCUT2D eigenvalue weighted by atomic mass is 9.87. The highest BCUT2D eigenvalue weighted by molar-refractivity contribution is 9.09. The molecule has 0 amide bonds. The Morgan fingerprint density at radius 1 is 1.20 bits per heavy atom. The Kier molecular flexibility index (Phi) is 4.21. The summed E-state index contributed by atoms with van der Waals surface area (Å²) < 4.78 is 5.68. The highest BCUT2D eigenvalue weighted by Gasteiger charge is 2.13. The van der Waals surface area contributed by atoms with Gasteiger partial charge >= 0.3 is 0 Å². The maximum atomic E-state index is 5.68. The van der Waals surface area contributed by atoms with Gasteiger partial charge in [-0.3, -0.25) is 0 Å². The molecule has 0 fully saturated rings. The van der Waals surface area contributed by atoms with Crippen LogP contribution in [-0.2, 0) is 5.41 Å². The summed E-state index contributed by atoms with van der Waals surface area (Å²) in [5.41, 5.74) is 1.54. The minimum absolute atomic E-state index is 0.208. The predicted octanol–water partition coefficient (Wildman–Crippen LogP) is 4.15. The molecule has 0 aliphatic rings. The first-order valence-corrected chi connectivity index (χ1v) is 6.39. The molecular weight excluding hydrogens is 252 g/mol. The molecule has 2 heteroatoms. The molecule has 0 radical (unpaired) electrons. The highest BCUT2D eigenvalue weighted by Crippen LogP contribution is 2.24. The van der Waals surface area contributed by atoms with E-state index in [-0.39, 0.29) is 11.5 Å². The molecule has 1 aromatic rings. The Morgan fingerprint density at radius 2 is 1.73 bits per heavy atom. The number of hydrogen-bond acceptors (Lipinski definition) is 1. The highest BCUT2D eigenvalue weighted by atomic mass is 79.9. The van der Waals surface area contributed by atoms with Crippen LogP contribution in [0.1, 0.15) is 33.3 Å². The van der Waals surface area contributed by atoms with Gasteiger partial charge in [-0.1, -0.05) is 48.8 Å². The van der Waals surface area contributed by atoms with E-state index in [0.29, 0.717) is 0 Å². The van der Waals surface area contributed by atoms with Crippen molar-refractivity contribution in [1.29, 1.82) is 0 Å². The molecule has 1 atom stereocenters. The average Bonchev–Trinajstić information content (AvgIpc) is 2.17. The third-order valence-corrected chi connectivity index (χ3v) is 3.19. The zero-order valence-electron chi connectivity index (χ0n) is 9.88. The van der Waals surface area contributed by atoms with Crippen molar-refractivity contribution < 1.29 is 4.74 Å². The lowest BCUT2D eigenvalue weighted by Crippen LogP contribution is -2.14. The molecule has 0 N–H and O–H groups in total. The lowest BCUT2D eigenvalue weighted by Gasteiger charge is -2.19. The maximum absolute atomic E-state index is 5.68. The van der Waals surface area contributed by atoms with Gasteiger partial charge in [-0.2, -0.15) is 0 Å². The Labute approximate surface area is 101 Å². The van der Waals surface area contributed by atoms with E-state index in [4.69, 9.17) is 4.74 Å². The van der Waals surface area contributed by atoms with Crippen molar-refractivity contribution >= 4 is 15.9 Å². The summed E-state index contributed by atoms with van der Waals surface area (Å²) in [7, 11) is 0. The molecule has 0 spiro atoms. The van der Waals surface area contributed by atoms with E-state index < -0.39 is 0 Å². The fourth-order valence-corrected chi connectivity index (χ4v) is 1.43. The molecule has 0 bridgehead atoms. The van der Waals surface area contributed by atoms with Gasteiger partial charge in [0.15, 0.2) is 0 Å². The normalized spacial score (nSPS) is 13.7. The van der Waals surface area contributed by atoms with Crippen molar-refractivity contribution in [2.75, 3.05) is 5.33 Å². The quantitative estimate of drug-likeness (QED) is 0.750. The summed E-state index contributed by atoms with van der Waals surface area (Å²) >= 11 is 3.39. The Morgan fingerprint density at radius 3 is 2.13 bits per heavy atom. The Balaban J connectivity index is 2.73. The zero-order valence-corrected chi connectivity index (χ0v) is 11.5. The number of benzene rings is 1. The molecule has 0 saturated heterocycles. The minimum Gasteiger partial charge on any atom is -0.490 e. The topological polar surface area (TPSA) is 9.23 Å². The summed E-state index contributed by atoms with van der Waals surface area (Å²) in [6, 6.07) is 8.35. The molecule has 0 aromatic heterocycles. The van der Waals surface area contributed by atoms with Crippen molar-refractivity contribution in [2.45, 2.75) is 39.2 Å². The van der Waals surface area contributed by atoms with Gasteiger partial charge in [0, 0.05) is 5.33 Å². The van der Waals surface area contributed by atoms with Crippen LogP contribution >= 0.6 is 15.9 Å². The molecule has 1 rings (SSSR count). The van der Waals surface area contributed by atoms with Crippen LogP contribution in [0.25, 0.3) is 0 Å². The third kappa shape index (κ3) is 3.86. The number of ether oxygens (including phenoxy) is 1. The van der Waals surface area contributed by atoms with E-state index in [2.05, 4.69) is 48.8 Å². The second kappa shape index (κ2) is 5.02. The van der Waals surface area contributed by atoms with Gasteiger partial charge in [-0.05, 0) is 30.0 Å². The van der Waals surface area contributed by atoms with Gasteiger partial charge in [0.2, 0.25) is 0 Å². The number of rotatable bonds is 3. The van der Waals surface area contributed by atoms with Crippen molar-refractivity contribution in [3.05, 3.63) is 29.8 Å². The Hall–Kier alpha value is -0.500. The second-order valence-electron chi connectivity index (χ2n) is 4.86. The molecule has 1 nitrogen and oxygen atoms in total. The molecule has 0 aliphatic carbocycles. The van der Waals surface area contributed by atoms with Crippen molar-refractivity contribution in [3.63, 3.8) is 0 Å². The summed E-state index contributed by atoms with van der Waals surface area (Å²) in [5.74, 6) is 0.940. The first kappa shape index (κ1) is 12.6. The molecule has 15 heavy (non-hydrogen) atoms. The monoisotopic (exact) mass is 270 g/mol. The van der Waals surface area contributed by atoms with Crippen molar-refractivity contribution in [1.82, 2.24) is 0 Å². The predicted molar refractivity (Wildman–Crippen MR) is 69.0 cm³/mol. The van der Waals surface area contributed by atoms with Crippen LogP contribution in [0.15, 0.2) is 24.3 Å². The molecular formula is C13H19BrO. The van der Waals surface area contributed by atoms with E-state index in [9.17, 15) is 0 Å². The van der Waals surface area contributed by atoms with E-state index in [1.165, 1.54) is 5.56 Å². The molecule has 0 saturated carbocycles. The SMILES string of the molecule is CC(CBr)Oc1ccc(C(C)(C)C)cc1. The number of alkyl halides is 1. The standard InChI is InChI=1S/C13H19BrO/c1-10(9-14)15-12-7-5-11(6-8-12)13(2,3)4/h5-8,10H,9H2,1-4H3. The molecule has 0 aliphatic heterocycles. The van der Waals surface area contributed by atoms with Crippen molar-refractivity contribution in [2.24, 2.45) is 0 Å². The van der Waals surface area contributed by atoms with E-state index >= 15 is 0 Å². The molecule has 1 aromatic carbocycles. The summed E-state index contributed by atoms with van der Waals surface area (Å²) in [6.07, 6.45) is 0.213. The summed E-state index contributed by atoms with van der Waals surface area (Å²) in [4.78, 5) is 0. The minimum atomic E-state index is 0.208. The van der Waals surface area contributed by atoms with Gasteiger partial charge < -0.3 is 4.74 Å². The Bertz CT molecular complexity index is 297. The first-order chi connectivity index (χ1) is 6.93. The van der Waals surface area contributed by atoms with E-state index in [1.807, 2.05) is 19.1 Å². The largest absolute Gasteiger partial charge is 0.490 e. The second-order valence-corrected chi connectivity index (χ2v) is 5.50. The lowest BCUT2D eigenvalue weighted by molar-refractivity contribution is 0.248. The van der Waals surface area contributed by atoms with E-state index in [0.717, 1.165) is 11.1 Å². The first-order valence-electron chi connectivity index (χ1n) is 5.26. The zero-order chi connectivity index (χ0) is 11.5.